The summed E-state index contributed by atoms with van der Waals surface area (Å²) in [7, 11) is 3.13. The van der Waals surface area contributed by atoms with Crippen molar-refractivity contribution >= 4 is 11.9 Å². The third kappa shape index (κ3) is 4.35. The molecule has 0 unspecified atom stereocenters. The van der Waals surface area contributed by atoms with Crippen LogP contribution in [0.1, 0.15) is 36.7 Å². The maximum Gasteiger partial charge on any atom is 0.253 e. The minimum atomic E-state index is 0.0595. The summed E-state index contributed by atoms with van der Waals surface area (Å²) in [5, 5.41) is 0. The number of anilines is 1. The lowest BCUT2D eigenvalue weighted by Gasteiger charge is -2.35. The highest BCUT2D eigenvalue weighted by atomic mass is 16.5. The Morgan fingerprint density at radius 2 is 1.46 bits per heavy atom. The molecule has 7 nitrogen and oxygen atoms in total. The Morgan fingerprint density at radius 1 is 0.929 bits per heavy atom. The van der Waals surface area contributed by atoms with Crippen molar-refractivity contribution in [3.63, 3.8) is 0 Å². The van der Waals surface area contributed by atoms with Gasteiger partial charge in [0.1, 0.15) is 0 Å². The van der Waals surface area contributed by atoms with E-state index < -0.39 is 0 Å². The Kier molecular flexibility index (Phi) is 5.72. The smallest absolute Gasteiger partial charge is 0.253 e. The molecule has 2 heterocycles. The van der Waals surface area contributed by atoms with Gasteiger partial charge in [0.05, 0.1) is 20.3 Å². The number of methoxy groups -OCH3 is 2. The van der Waals surface area contributed by atoms with Crippen LogP contribution < -0.4 is 14.4 Å². The Hall–Kier alpha value is -2.83. The molecule has 0 aliphatic carbocycles. The Labute approximate surface area is 166 Å². The van der Waals surface area contributed by atoms with Crippen LogP contribution in [0, 0.1) is 0 Å². The van der Waals surface area contributed by atoms with Gasteiger partial charge in [0.25, 0.3) is 5.91 Å². The first-order chi connectivity index (χ1) is 13.3. The van der Waals surface area contributed by atoms with Crippen LogP contribution >= 0.6 is 0 Å². The van der Waals surface area contributed by atoms with Crippen LogP contribution in [-0.4, -0.2) is 61.2 Å². The van der Waals surface area contributed by atoms with Crippen LogP contribution in [0.4, 0.5) is 5.95 Å². The maximum absolute atomic E-state index is 12.8. The van der Waals surface area contributed by atoms with Crippen molar-refractivity contribution in [2.45, 2.75) is 26.2 Å². The second kappa shape index (κ2) is 8.04. The molecule has 28 heavy (non-hydrogen) atoms. The second-order valence-corrected chi connectivity index (χ2v) is 7.86. The monoisotopic (exact) mass is 384 g/mol. The number of nitrogens with zero attached hydrogens (tertiary/aromatic N) is 4. The molecule has 0 radical (unpaired) electrons. The van der Waals surface area contributed by atoms with Crippen LogP contribution in [0.25, 0.3) is 0 Å². The summed E-state index contributed by atoms with van der Waals surface area (Å²) in [5.41, 5.74) is 2.02. The quantitative estimate of drug-likeness (QED) is 0.807. The normalized spacial score (nSPS) is 14.8. The van der Waals surface area contributed by atoms with Gasteiger partial charge in [-0.25, -0.2) is 0 Å². The van der Waals surface area contributed by atoms with E-state index in [2.05, 4.69) is 30.7 Å². The molecule has 1 amide bonds. The number of ether oxygens (including phenoxy) is 2. The Balaban J connectivity index is 1.66. The average Bonchev–Trinajstić information content (AvgIpc) is 2.72. The third-order valence-corrected chi connectivity index (χ3v) is 4.93. The largest absolute Gasteiger partial charge is 0.481 e. The lowest BCUT2D eigenvalue weighted by molar-refractivity contribution is 0.0746. The van der Waals surface area contributed by atoms with Crippen LogP contribution in [0.2, 0.25) is 0 Å². The van der Waals surface area contributed by atoms with E-state index in [0.717, 1.165) is 5.56 Å². The molecule has 1 saturated heterocycles. The molecule has 1 aromatic carbocycles. The van der Waals surface area contributed by atoms with Crippen LogP contribution in [-0.2, 0) is 5.41 Å². The fraction of sp³-hybridized carbons (Fsp3) is 0.476. The predicted molar refractivity (Wildman–Crippen MR) is 108 cm³/mol. The minimum absolute atomic E-state index is 0.0595. The van der Waals surface area contributed by atoms with E-state index in [1.807, 2.05) is 34.1 Å². The van der Waals surface area contributed by atoms with E-state index in [-0.39, 0.29) is 11.3 Å². The van der Waals surface area contributed by atoms with Crippen LogP contribution in [0.15, 0.2) is 30.3 Å². The minimum Gasteiger partial charge on any atom is -0.481 e. The topological polar surface area (TPSA) is 67.8 Å². The number of hydrogen-bond acceptors (Lipinski definition) is 6. The van der Waals surface area contributed by atoms with E-state index in [1.165, 1.54) is 5.56 Å². The van der Waals surface area contributed by atoms with Crippen molar-refractivity contribution in [1.29, 1.82) is 0 Å². The van der Waals surface area contributed by atoms with Crippen molar-refractivity contribution in [2.24, 2.45) is 0 Å². The third-order valence-electron chi connectivity index (χ3n) is 4.93. The standard InChI is InChI=1S/C21H28N4O3/c1-21(2,3)16-8-6-15(7-9-16)19(26)24-10-12-25(13-11-24)20-22-17(27-4)14-18(23-20)28-5/h6-9,14H,10-13H2,1-5H3. The zero-order valence-corrected chi connectivity index (χ0v) is 17.2. The van der Waals surface area contributed by atoms with Gasteiger partial charge in [0.2, 0.25) is 17.7 Å². The van der Waals surface area contributed by atoms with Crippen LogP contribution in [0.5, 0.6) is 11.8 Å². The molecule has 1 aromatic heterocycles. The van der Waals surface area contributed by atoms with Gasteiger partial charge in [-0.1, -0.05) is 32.9 Å². The molecular formula is C21H28N4O3. The van der Waals surface area contributed by atoms with Crippen molar-refractivity contribution in [3.05, 3.63) is 41.5 Å². The van der Waals surface area contributed by atoms with Crippen molar-refractivity contribution in [2.75, 3.05) is 45.3 Å². The van der Waals surface area contributed by atoms with Crippen molar-refractivity contribution in [3.8, 4) is 11.8 Å². The molecule has 7 heteroatoms. The lowest BCUT2D eigenvalue weighted by atomic mass is 9.86. The van der Waals surface area contributed by atoms with E-state index in [0.29, 0.717) is 43.9 Å². The van der Waals surface area contributed by atoms with E-state index in [1.54, 1.807) is 20.3 Å². The fourth-order valence-electron chi connectivity index (χ4n) is 3.15. The summed E-state index contributed by atoms with van der Waals surface area (Å²) in [6.45, 7) is 9.03. The molecule has 0 atom stereocenters. The molecule has 0 bridgehead atoms. The van der Waals surface area contributed by atoms with Gasteiger partial charge in [0, 0.05) is 31.7 Å². The number of carbonyl (C=O) groups is 1. The Morgan fingerprint density at radius 3 is 1.93 bits per heavy atom. The highest BCUT2D eigenvalue weighted by Crippen LogP contribution is 2.24. The van der Waals surface area contributed by atoms with Crippen LogP contribution in [0.3, 0.4) is 0 Å². The number of benzene rings is 1. The van der Waals surface area contributed by atoms with Gasteiger partial charge in [-0.15, -0.1) is 0 Å². The van der Waals surface area contributed by atoms with Gasteiger partial charge in [-0.05, 0) is 23.1 Å². The fourth-order valence-corrected chi connectivity index (χ4v) is 3.15. The van der Waals surface area contributed by atoms with Gasteiger partial charge < -0.3 is 19.3 Å². The predicted octanol–water partition coefficient (Wildman–Crippen LogP) is 2.75. The second-order valence-electron chi connectivity index (χ2n) is 7.86. The number of aromatic nitrogens is 2. The van der Waals surface area contributed by atoms with Gasteiger partial charge >= 0.3 is 0 Å². The SMILES string of the molecule is COc1cc(OC)nc(N2CCN(C(=O)c3ccc(C(C)(C)C)cc3)CC2)n1. The zero-order valence-electron chi connectivity index (χ0n) is 17.2. The molecule has 1 aliphatic heterocycles. The number of amides is 1. The molecule has 150 valence electrons. The zero-order chi connectivity index (χ0) is 20.3. The summed E-state index contributed by atoms with van der Waals surface area (Å²) in [6, 6.07) is 9.57. The Bertz CT molecular complexity index is 800. The van der Waals surface area contributed by atoms with Crippen molar-refractivity contribution < 1.29 is 14.3 Å². The number of rotatable bonds is 4. The molecular weight excluding hydrogens is 356 g/mol. The molecule has 0 spiro atoms. The highest BCUT2D eigenvalue weighted by Gasteiger charge is 2.24. The van der Waals surface area contributed by atoms with Gasteiger partial charge in [0.15, 0.2) is 0 Å². The number of hydrogen-bond donors (Lipinski definition) is 0. The molecule has 0 N–H and O–H groups in total. The first kappa shape index (κ1) is 19.9. The molecule has 2 aromatic rings. The lowest BCUT2D eigenvalue weighted by Crippen LogP contribution is -2.49. The summed E-state index contributed by atoms with van der Waals surface area (Å²) in [5.74, 6) is 1.53. The first-order valence-electron chi connectivity index (χ1n) is 9.43. The first-order valence-corrected chi connectivity index (χ1v) is 9.43. The number of piperazine rings is 1. The van der Waals surface area contributed by atoms with E-state index >= 15 is 0 Å². The molecule has 0 saturated carbocycles. The summed E-state index contributed by atoms with van der Waals surface area (Å²) in [4.78, 5) is 25.5. The van der Waals surface area contributed by atoms with E-state index in [4.69, 9.17) is 9.47 Å². The van der Waals surface area contributed by atoms with Crippen molar-refractivity contribution in [1.82, 2.24) is 14.9 Å². The number of carbonyl (C=O) groups excluding carboxylic acids is 1. The van der Waals surface area contributed by atoms with Gasteiger partial charge in [-0.2, -0.15) is 9.97 Å². The van der Waals surface area contributed by atoms with E-state index in [9.17, 15) is 4.79 Å². The summed E-state index contributed by atoms with van der Waals surface area (Å²) < 4.78 is 10.4. The summed E-state index contributed by atoms with van der Waals surface area (Å²) in [6.07, 6.45) is 0. The van der Waals surface area contributed by atoms with Gasteiger partial charge in [-0.3, -0.25) is 4.79 Å². The highest BCUT2D eigenvalue weighted by molar-refractivity contribution is 5.94. The molecule has 1 fully saturated rings. The molecule has 1 aliphatic rings. The molecule has 3 rings (SSSR count). The maximum atomic E-state index is 12.8. The summed E-state index contributed by atoms with van der Waals surface area (Å²) >= 11 is 0. The average molecular weight is 384 g/mol.